The Morgan fingerprint density at radius 2 is 0.875 bits per heavy atom. The molecule has 0 radical (unpaired) electrons. The van der Waals surface area contributed by atoms with Crippen molar-refractivity contribution in [3.05, 3.63) is 36.4 Å². The number of hydrogen-bond acceptors (Lipinski definition) is 0. The normalized spacial score (nSPS) is 6.00. The van der Waals surface area contributed by atoms with Crippen molar-refractivity contribution in [3.8, 4) is 0 Å². The van der Waals surface area contributed by atoms with Gasteiger partial charge in [-0.15, -0.1) is 0 Å². The first-order valence-electron chi connectivity index (χ1n) is 1.82. The summed E-state index contributed by atoms with van der Waals surface area (Å²) in [6.45, 7) is 0. The molecule has 0 aliphatic carbocycles. The van der Waals surface area contributed by atoms with Gasteiger partial charge < -0.3 is 12.1 Å². The Hall–Kier alpha value is 2.49. The molecule has 0 nitrogen and oxygen atoms in total. The molecule has 0 amide bonds. The van der Waals surface area contributed by atoms with Crippen molar-refractivity contribution in [3.63, 3.8) is 0 Å². The van der Waals surface area contributed by atoms with E-state index >= 15 is 0 Å². The van der Waals surface area contributed by atoms with Gasteiger partial charge in [-0.25, -0.2) is 0 Å². The van der Waals surface area contributed by atoms with E-state index < -0.39 is 0 Å². The Morgan fingerprint density at radius 1 is 0.625 bits per heavy atom. The fourth-order valence-corrected chi connectivity index (χ4v) is 0.304. The van der Waals surface area contributed by atoms with Gasteiger partial charge in [0.2, 0.25) is 0 Å². The van der Waals surface area contributed by atoms with Crippen LogP contribution in [0.5, 0.6) is 0 Å². The van der Waals surface area contributed by atoms with Gasteiger partial charge in [0.1, 0.15) is 0 Å². The Balaban J connectivity index is 0. The smallest absolute Gasteiger partial charge is 0.319 e. The molecular weight excluding hydrogens is 150 g/mol. The van der Waals surface area contributed by atoms with Crippen LogP contribution in [-0.4, -0.2) is 0 Å². The largest absolute Gasteiger partial charge is 1.00 e. The van der Waals surface area contributed by atoms with Crippen LogP contribution in [0.3, 0.4) is 0 Å². The van der Waals surface area contributed by atoms with Crippen LogP contribution in [0.25, 0.3) is 0 Å². The van der Waals surface area contributed by atoms with E-state index in [1.807, 2.05) is 24.3 Å². The maximum Gasteiger partial charge on any atom is 1.00 e. The Bertz CT molecular complexity index is 78.5. The second-order valence-corrected chi connectivity index (χ2v) is 1.00. The van der Waals surface area contributed by atoms with E-state index in [-0.39, 0.29) is 103 Å². The molecule has 0 saturated heterocycles. The molecule has 0 spiro atoms. The summed E-state index contributed by atoms with van der Waals surface area (Å²) in [7, 11) is 0. The third kappa shape index (κ3) is 6.61. The average Bonchev–Trinajstić information content (AvgIpc) is 1.72. The van der Waals surface area contributed by atoms with E-state index in [4.69, 9.17) is 0 Å². The van der Waals surface area contributed by atoms with Crippen LogP contribution in [0.4, 0.5) is 0 Å². The molecule has 0 N–H and O–H groups in total. The fraction of sp³-hybridized carbons (Fsp3) is 0. The van der Waals surface area contributed by atoms with Crippen LogP contribution in [0, 0.1) is 12.1 Å². The average molecular weight is 154 g/mol. The summed E-state index contributed by atoms with van der Waals surface area (Å²) in [6, 6.07) is 13.0. The summed E-state index contributed by atoms with van der Waals surface area (Å²) in [5.74, 6) is 0. The van der Waals surface area contributed by atoms with Crippen molar-refractivity contribution in [1.82, 2.24) is 0 Å². The van der Waals surface area contributed by atoms with Gasteiger partial charge in [0.05, 0.1) is 0 Å². The first-order valence-corrected chi connectivity index (χ1v) is 1.82. The topological polar surface area (TPSA) is 0 Å². The van der Waals surface area contributed by atoms with Crippen molar-refractivity contribution in [2.45, 2.75) is 0 Å². The van der Waals surface area contributed by atoms with E-state index in [0.29, 0.717) is 0 Å². The first-order chi connectivity index (χ1) is 3.00. The molecule has 0 bridgehead atoms. The van der Waals surface area contributed by atoms with Gasteiger partial charge in [0.25, 0.3) is 0 Å². The standard InChI is InChI=1S/C6H4.2K/c1-2-4-6-5-3-1;;/h1-2,5-6H;;/q-2;2*+1. The van der Waals surface area contributed by atoms with E-state index in [2.05, 4.69) is 12.1 Å². The maximum atomic E-state index is 2.86. The number of benzene rings is 1. The van der Waals surface area contributed by atoms with Crippen LogP contribution in [0.2, 0.25) is 0 Å². The molecule has 0 saturated carbocycles. The van der Waals surface area contributed by atoms with Crippen molar-refractivity contribution in [2.75, 3.05) is 0 Å². The van der Waals surface area contributed by atoms with Gasteiger partial charge in [-0.3, -0.25) is 24.3 Å². The van der Waals surface area contributed by atoms with Gasteiger partial charge in [-0.1, -0.05) is 0 Å². The monoisotopic (exact) mass is 154 g/mol. The Morgan fingerprint density at radius 3 is 1.00 bits per heavy atom. The van der Waals surface area contributed by atoms with Crippen molar-refractivity contribution in [1.29, 1.82) is 0 Å². The van der Waals surface area contributed by atoms with E-state index in [0.717, 1.165) is 0 Å². The number of rotatable bonds is 0. The van der Waals surface area contributed by atoms with Crippen LogP contribution in [-0.2, 0) is 0 Å². The van der Waals surface area contributed by atoms with Gasteiger partial charge >= 0.3 is 103 Å². The fourth-order valence-electron chi connectivity index (χ4n) is 0.304. The third-order valence-electron chi connectivity index (χ3n) is 0.552. The van der Waals surface area contributed by atoms with E-state index in [1.54, 1.807) is 0 Å². The van der Waals surface area contributed by atoms with Crippen molar-refractivity contribution < 1.29 is 103 Å². The van der Waals surface area contributed by atoms with Gasteiger partial charge in [0, 0.05) is 0 Å². The quantitative estimate of drug-likeness (QED) is 0.260. The molecule has 0 aromatic heterocycles. The summed E-state index contributed by atoms with van der Waals surface area (Å²) >= 11 is 0. The molecule has 1 aromatic carbocycles. The molecule has 0 fully saturated rings. The summed E-state index contributed by atoms with van der Waals surface area (Å²) in [4.78, 5) is 0. The van der Waals surface area contributed by atoms with Crippen molar-refractivity contribution >= 4 is 0 Å². The van der Waals surface area contributed by atoms with Gasteiger partial charge in [0.15, 0.2) is 0 Å². The Kier molecular flexibility index (Phi) is 15.6. The first kappa shape index (κ1) is 13.1. The van der Waals surface area contributed by atoms with E-state index in [9.17, 15) is 0 Å². The SMILES string of the molecule is [K+].[K+].[c-]1cc[c-]cc1. The zero-order valence-corrected chi connectivity index (χ0v) is 11.6. The van der Waals surface area contributed by atoms with Crippen LogP contribution < -0.4 is 103 Å². The molecule has 0 atom stereocenters. The molecule has 0 aliphatic heterocycles. The molecule has 0 aliphatic rings. The molecule has 0 heterocycles. The molecule has 1 rings (SSSR count). The van der Waals surface area contributed by atoms with Crippen molar-refractivity contribution in [2.24, 2.45) is 0 Å². The summed E-state index contributed by atoms with van der Waals surface area (Å²) in [5.41, 5.74) is 0. The second kappa shape index (κ2) is 9.49. The van der Waals surface area contributed by atoms with E-state index in [1.165, 1.54) is 0 Å². The van der Waals surface area contributed by atoms with Gasteiger partial charge in [-0.05, 0) is 0 Å². The van der Waals surface area contributed by atoms with Crippen LogP contribution in [0.15, 0.2) is 24.3 Å². The summed E-state index contributed by atoms with van der Waals surface area (Å²) in [6.07, 6.45) is 0. The molecule has 1 aromatic rings. The minimum atomic E-state index is 0. The maximum absolute atomic E-state index is 2.86. The molecule has 30 valence electrons. The minimum Gasteiger partial charge on any atom is -0.319 e. The summed E-state index contributed by atoms with van der Waals surface area (Å²) < 4.78 is 0. The summed E-state index contributed by atoms with van der Waals surface area (Å²) in [5, 5.41) is 0. The molecule has 0 unspecified atom stereocenters. The molecule has 8 heavy (non-hydrogen) atoms. The molecular formula is C6H4K2. The Labute approximate surface area is 135 Å². The zero-order valence-electron chi connectivity index (χ0n) is 5.31. The predicted molar refractivity (Wildman–Crippen MR) is 24.1 cm³/mol. The van der Waals surface area contributed by atoms with Crippen LogP contribution in [0.1, 0.15) is 0 Å². The second-order valence-electron chi connectivity index (χ2n) is 1.00. The molecule has 2 heteroatoms. The zero-order chi connectivity index (χ0) is 4.24. The predicted octanol–water partition coefficient (Wildman–Crippen LogP) is -4.71. The van der Waals surface area contributed by atoms with Crippen LogP contribution >= 0.6 is 0 Å². The number of hydrogen-bond donors (Lipinski definition) is 0. The van der Waals surface area contributed by atoms with Gasteiger partial charge in [-0.2, -0.15) is 0 Å². The third-order valence-corrected chi connectivity index (χ3v) is 0.552. The minimum absolute atomic E-state index is 0.